The first-order valence-corrected chi connectivity index (χ1v) is 7.08. The van der Waals surface area contributed by atoms with Crippen LogP contribution in [-0.2, 0) is 9.47 Å². The molecule has 0 radical (unpaired) electrons. The van der Waals surface area contributed by atoms with E-state index >= 15 is 0 Å². The van der Waals surface area contributed by atoms with Gasteiger partial charge in [0.05, 0.1) is 5.60 Å². The normalized spacial score (nSPS) is 26.5. The first kappa shape index (κ1) is 13.2. The summed E-state index contributed by atoms with van der Waals surface area (Å²) in [6.45, 7) is 2.06. The molecule has 1 aromatic rings. The third kappa shape index (κ3) is 2.71. The zero-order valence-electron chi connectivity index (χ0n) is 10.7. The maximum absolute atomic E-state index is 12.4. The number of rotatable bonds is 2. The molecule has 0 aliphatic carbocycles. The molecule has 2 saturated heterocycles. The Kier molecular flexibility index (Phi) is 3.65. The topological polar surface area (TPSA) is 48.7 Å². The number of carbonyl (C=O) groups excluding carboxylic acids is 1. The lowest BCUT2D eigenvalue weighted by atomic mass is 9.79. The van der Waals surface area contributed by atoms with Crippen LogP contribution in [0.15, 0.2) is 16.5 Å². The summed E-state index contributed by atoms with van der Waals surface area (Å²) in [6.07, 6.45) is 3.25. The van der Waals surface area contributed by atoms with E-state index in [0.717, 1.165) is 25.7 Å². The van der Waals surface area contributed by atoms with E-state index in [2.05, 4.69) is 0 Å². The van der Waals surface area contributed by atoms with Crippen LogP contribution < -0.4 is 0 Å². The van der Waals surface area contributed by atoms with Crippen LogP contribution in [0.5, 0.6) is 0 Å². The number of Topliss-reactive ketones (excluding diaryl/α,β-unsaturated/α-hetero) is 1. The van der Waals surface area contributed by atoms with Crippen LogP contribution in [0.2, 0.25) is 5.22 Å². The van der Waals surface area contributed by atoms with Crippen LogP contribution in [0, 0.1) is 5.92 Å². The second-order valence-corrected chi connectivity index (χ2v) is 5.67. The summed E-state index contributed by atoms with van der Waals surface area (Å²) < 4.78 is 16.5. The third-order valence-corrected chi connectivity index (χ3v) is 4.29. The maximum Gasteiger partial charge on any atom is 0.201 e. The summed E-state index contributed by atoms with van der Waals surface area (Å²) in [5.74, 6) is 0.370. The molecular formula is C14H17ClO4. The predicted octanol–water partition coefficient (Wildman–Crippen LogP) is 3.09. The number of ether oxygens (including phenoxy) is 2. The van der Waals surface area contributed by atoms with E-state index in [9.17, 15) is 4.79 Å². The van der Waals surface area contributed by atoms with Crippen LogP contribution in [0.25, 0.3) is 0 Å². The van der Waals surface area contributed by atoms with E-state index in [-0.39, 0.29) is 22.5 Å². The van der Waals surface area contributed by atoms with Gasteiger partial charge in [-0.25, -0.2) is 0 Å². The molecule has 3 heterocycles. The Balaban J connectivity index is 1.72. The smallest absolute Gasteiger partial charge is 0.201 e. The van der Waals surface area contributed by atoms with Crippen LogP contribution in [0.1, 0.15) is 36.2 Å². The zero-order chi connectivity index (χ0) is 13.3. The van der Waals surface area contributed by atoms with Gasteiger partial charge < -0.3 is 13.9 Å². The van der Waals surface area contributed by atoms with Crippen molar-refractivity contribution in [1.29, 1.82) is 0 Å². The molecule has 1 spiro atoms. The average molecular weight is 285 g/mol. The second kappa shape index (κ2) is 5.27. The molecule has 104 valence electrons. The van der Waals surface area contributed by atoms with Crippen LogP contribution in [0.3, 0.4) is 0 Å². The molecule has 1 atom stereocenters. The third-order valence-electron chi connectivity index (χ3n) is 4.08. The molecule has 0 N–H and O–H groups in total. The SMILES string of the molecule is O=C(c1ccc(Cl)o1)C1CCOC2(CCOCC2)C1. The molecule has 0 saturated carbocycles. The number of hydrogen-bond donors (Lipinski definition) is 0. The van der Waals surface area contributed by atoms with Gasteiger partial charge in [0.15, 0.2) is 11.0 Å². The van der Waals surface area contributed by atoms with E-state index in [1.165, 1.54) is 0 Å². The molecule has 19 heavy (non-hydrogen) atoms. The molecule has 5 heteroatoms. The highest BCUT2D eigenvalue weighted by Crippen LogP contribution is 2.38. The van der Waals surface area contributed by atoms with Gasteiger partial charge in [-0.2, -0.15) is 0 Å². The summed E-state index contributed by atoms with van der Waals surface area (Å²) >= 11 is 5.73. The minimum absolute atomic E-state index is 0.0333. The van der Waals surface area contributed by atoms with E-state index in [1.54, 1.807) is 12.1 Å². The molecule has 2 aliphatic heterocycles. The molecule has 0 bridgehead atoms. The molecule has 1 unspecified atom stereocenters. The number of furan rings is 1. The van der Waals surface area contributed by atoms with Crippen molar-refractivity contribution in [1.82, 2.24) is 0 Å². The quantitative estimate of drug-likeness (QED) is 0.783. The van der Waals surface area contributed by atoms with Crippen LogP contribution >= 0.6 is 11.6 Å². The lowest BCUT2D eigenvalue weighted by molar-refractivity contribution is -0.142. The van der Waals surface area contributed by atoms with Gasteiger partial charge in [-0.15, -0.1) is 0 Å². The first-order chi connectivity index (χ1) is 9.19. The fourth-order valence-corrected chi connectivity index (χ4v) is 3.14. The lowest BCUT2D eigenvalue weighted by Gasteiger charge is -2.42. The fraction of sp³-hybridized carbons (Fsp3) is 0.643. The van der Waals surface area contributed by atoms with Crippen molar-refractivity contribution in [3.63, 3.8) is 0 Å². The number of carbonyl (C=O) groups is 1. The summed E-state index contributed by atoms with van der Waals surface area (Å²) in [7, 11) is 0. The van der Waals surface area contributed by atoms with E-state index in [0.29, 0.717) is 25.6 Å². The zero-order valence-corrected chi connectivity index (χ0v) is 11.4. The summed E-state index contributed by atoms with van der Waals surface area (Å²) in [5, 5.41) is 0.260. The van der Waals surface area contributed by atoms with Gasteiger partial charge in [-0.05, 0) is 49.4 Å². The highest BCUT2D eigenvalue weighted by atomic mass is 35.5. The second-order valence-electron chi connectivity index (χ2n) is 5.30. The van der Waals surface area contributed by atoms with Gasteiger partial charge in [0.25, 0.3) is 0 Å². The highest BCUT2D eigenvalue weighted by Gasteiger charge is 2.41. The molecule has 2 aliphatic rings. The van der Waals surface area contributed by atoms with Gasteiger partial charge in [0.2, 0.25) is 5.78 Å². The van der Waals surface area contributed by atoms with Crippen molar-refractivity contribution in [2.45, 2.75) is 31.3 Å². The van der Waals surface area contributed by atoms with Gasteiger partial charge in [0, 0.05) is 25.7 Å². The monoisotopic (exact) mass is 284 g/mol. The molecular weight excluding hydrogens is 268 g/mol. The minimum Gasteiger partial charge on any atom is -0.442 e. The van der Waals surface area contributed by atoms with Gasteiger partial charge >= 0.3 is 0 Å². The largest absolute Gasteiger partial charge is 0.442 e. The van der Waals surface area contributed by atoms with E-state index in [1.807, 2.05) is 0 Å². The number of hydrogen-bond acceptors (Lipinski definition) is 4. The Morgan fingerprint density at radius 2 is 2.05 bits per heavy atom. The molecule has 4 nitrogen and oxygen atoms in total. The van der Waals surface area contributed by atoms with Crippen molar-refractivity contribution in [2.24, 2.45) is 5.92 Å². The number of halogens is 1. The van der Waals surface area contributed by atoms with E-state index in [4.69, 9.17) is 25.5 Å². The Bertz CT molecular complexity index is 456. The molecule has 2 fully saturated rings. The Labute approximate surface area is 117 Å². The van der Waals surface area contributed by atoms with Crippen LogP contribution in [0.4, 0.5) is 0 Å². The standard InChI is InChI=1S/C14H17ClO4/c15-12-2-1-11(19-12)13(16)10-3-6-18-14(9-10)4-7-17-8-5-14/h1-2,10H,3-9H2. The summed E-state index contributed by atoms with van der Waals surface area (Å²) in [5.41, 5.74) is -0.173. The Hall–Kier alpha value is -0.840. The summed E-state index contributed by atoms with van der Waals surface area (Å²) in [4.78, 5) is 12.4. The van der Waals surface area contributed by atoms with Crippen molar-refractivity contribution in [3.8, 4) is 0 Å². The van der Waals surface area contributed by atoms with Crippen molar-refractivity contribution >= 4 is 17.4 Å². The Morgan fingerprint density at radius 3 is 2.74 bits per heavy atom. The number of ketones is 1. The van der Waals surface area contributed by atoms with E-state index < -0.39 is 0 Å². The molecule has 0 amide bonds. The maximum atomic E-state index is 12.4. The predicted molar refractivity (Wildman–Crippen MR) is 69.5 cm³/mol. The van der Waals surface area contributed by atoms with Gasteiger partial charge in [0.1, 0.15) is 0 Å². The molecule has 3 rings (SSSR count). The van der Waals surface area contributed by atoms with Gasteiger partial charge in [-0.3, -0.25) is 4.79 Å². The van der Waals surface area contributed by atoms with Crippen molar-refractivity contribution in [3.05, 3.63) is 23.1 Å². The fourth-order valence-electron chi connectivity index (χ4n) is 2.99. The minimum atomic E-state index is -0.173. The summed E-state index contributed by atoms with van der Waals surface area (Å²) in [6, 6.07) is 3.26. The Morgan fingerprint density at radius 1 is 1.26 bits per heavy atom. The van der Waals surface area contributed by atoms with Crippen LogP contribution in [-0.4, -0.2) is 31.2 Å². The lowest BCUT2D eigenvalue weighted by Crippen LogP contribution is -2.45. The molecule has 0 aromatic carbocycles. The first-order valence-electron chi connectivity index (χ1n) is 6.70. The highest BCUT2D eigenvalue weighted by molar-refractivity contribution is 6.29. The average Bonchev–Trinajstić information content (AvgIpc) is 2.85. The van der Waals surface area contributed by atoms with Crippen molar-refractivity contribution < 1.29 is 18.7 Å². The van der Waals surface area contributed by atoms with Gasteiger partial charge in [-0.1, -0.05) is 0 Å². The molecule has 1 aromatic heterocycles. The van der Waals surface area contributed by atoms with Crippen molar-refractivity contribution in [2.75, 3.05) is 19.8 Å².